The van der Waals surface area contributed by atoms with Gasteiger partial charge in [0.1, 0.15) is 11.4 Å². The molecule has 3 heterocycles. The van der Waals surface area contributed by atoms with Gasteiger partial charge in [-0.3, -0.25) is 19.0 Å². The zero-order valence-electron chi connectivity index (χ0n) is 18.6. The van der Waals surface area contributed by atoms with Gasteiger partial charge in [-0.05, 0) is 43.4 Å². The van der Waals surface area contributed by atoms with Gasteiger partial charge in [0, 0.05) is 13.1 Å². The van der Waals surface area contributed by atoms with Crippen LogP contribution < -0.4 is 10.9 Å². The number of likely N-dealkylation sites (tertiary alicyclic amines) is 1. The van der Waals surface area contributed by atoms with E-state index in [9.17, 15) is 27.6 Å². The molecule has 34 heavy (non-hydrogen) atoms. The summed E-state index contributed by atoms with van der Waals surface area (Å²) in [6.07, 6.45) is -1.39. The van der Waals surface area contributed by atoms with E-state index in [-0.39, 0.29) is 33.2 Å². The summed E-state index contributed by atoms with van der Waals surface area (Å²) in [4.78, 5) is 45.0. The Balaban J connectivity index is 1.61. The summed E-state index contributed by atoms with van der Waals surface area (Å²) < 4.78 is 41.0. The van der Waals surface area contributed by atoms with Crippen molar-refractivity contribution in [3.8, 4) is 0 Å². The summed E-state index contributed by atoms with van der Waals surface area (Å²) >= 11 is 0.922. The number of alkyl halides is 3. The number of aromatic nitrogens is 2. The molecule has 2 aromatic heterocycles. The molecule has 3 aromatic rings. The number of hydrogen-bond acceptors (Lipinski definition) is 5. The average molecular weight is 493 g/mol. The molecule has 1 N–H and O–H groups in total. The number of rotatable bonds is 4. The maximum Gasteiger partial charge on any atom is 0.418 e. The van der Waals surface area contributed by atoms with Gasteiger partial charge >= 0.3 is 6.18 Å². The minimum absolute atomic E-state index is 0.0884. The Morgan fingerprint density at radius 2 is 2.00 bits per heavy atom. The first-order chi connectivity index (χ1) is 16.1. The first-order valence-corrected chi connectivity index (χ1v) is 11.6. The van der Waals surface area contributed by atoms with Crippen LogP contribution in [0, 0.1) is 12.8 Å². The van der Waals surface area contributed by atoms with Crippen molar-refractivity contribution in [2.24, 2.45) is 5.92 Å². The van der Waals surface area contributed by atoms with Crippen molar-refractivity contribution in [3.05, 3.63) is 57.0 Å². The van der Waals surface area contributed by atoms with Crippen LogP contribution in [0.5, 0.6) is 0 Å². The number of aryl methyl sites for hydroxylation is 1. The largest absolute Gasteiger partial charge is 0.418 e. The molecule has 1 aliphatic heterocycles. The maximum absolute atomic E-state index is 13.3. The molecule has 7 nitrogen and oxygen atoms in total. The smallest absolute Gasteiger partial charge is 0.341 e. The summed E-state index contributed by atoms with van der Waals surface area (Å²) in [6, 6.07) is 4.68. The number of para-hydroxylation sites is 1. The molecule has 2 amide bonds. The van der Waals surface area contributed by atoms with E-state index in [4.69, 9.17) is 0 Å². The number of amides is 2. The van der Waals surface area contributed by atoms with E-state index in [0.717, 1.165) is 30.2 Å². The van der Waals surface area contributed by atoms with Gasteiger partial charge in [-0.2, -0.15) is 13.2 Å². The summed E-state index contributed by atoms with van der Waals surface area (Å²) in [5.41, 5.74) is -1.49. The maximum atomic E-state index is 13.3. The molecule has 1 fully saturated rings. The molecule has 0 radical (unpaired) electrons. The molecule has 0 bridgehead atoms. The number of nitrogens with zero attached hydrogens (tertiary/aromatic N) is 3. The van der Waals surface area contributed by atoms with E-state index < -0.39 is 23.2 Å². The second kappa shape index (κ2) is 9.21. The average Bonchev–Trinajstić information content (AvgIpc) is 3.12. The Labute approximate surface area is 197 Å². The van der Waals surface area contributed by atoms with Crippen molar-refractivity contribution in [3.63, 3.8) is 0 Å². The Hall–Kier alpha value is -3.21. The van der Waals surface area contributed by atoms with Crippen molar-refractivity contribution in [2.45, 2.75) is 39.4 Å². The van der Waals surface area contributed by atoms with E-state index in [2.05, 4.69) is 17.2 Å². The van der Waals surface area contributed by atoms with E-state index >= 15 is 0 Å². The van der Waals surface area contributed by atoms with Crippen molar-refractivity contribution in [1.29, 1.82) is 0 Å². The predicted octanol–water partition coefficient (Wildman–Crippen LogP) is 4.30. The molecule has 4 rings (SSSR count). The molecule has 1 saturated heterocycles. The fourth-order valence-electron chi connectivity index (χ4n) is 4.17. The monoisotopic (exact) mass is 492 g/mol. The number of carbonyl (C=O) groups excluding carboxylic acids is 2. The minimum atomic E-state index is -4.63. The fraction of sp³-hybridized carbons (Fsp3) is 0.391. The highest BCUT2D eigenvalue weighted by atomic mass is 32.1. The molecule has 1 aromatic carbocycles. The number of anilines is 1. The second-order valence-electron chi connectivity index (χ2n) is 8.50. The molecule has 0 spiro atoms. The van der Waals surface area contributed by atoms with Crippen LogP contribution in [0.1, 0.15) is 40.6 Å². The lowest BCUT2D eigenvalue weighted by Gasteiger charge is -2.31. The molecule has 0 saturated carbocycles. The van der Waals surface area contributed by atoms with E-state index in [0.29, 0.717) is 24.6 Å². The molecular weight excluding hydrogens is 469 g/mol. The minimum Gasteiger partial charge on any atom is -0.341 e. The predicted molar refractivity (Wildman–Crippen MR) is 123 cm³/mol. The molecule has 0 aliphatic carbocycles. The van der Waals surface area contributed by atoms with Crippen LogP contribution in [-0.2, 0) is 17.5 Å². The number of nitrogens with one attached hydrogen (secondary N) is 1. The van der Waals surface area contributed by atoms with Crippen molar-refractivity contribution >= 4 is 39.1 Å². The Bertz CT molecular complexity index is 1320. The van der Waals surface area contributed by atoms with Crippen LogP contribution in [0.25, 0.3) is 10.2 Å². The highest BCUT2D eigenvalue weighted by Gasteiger charge is 2.34. The molecule has 11 heteroatoms. The Morgan fingerprint density at radius 3 is 2.71 bits per heavy atom. The third kappa shape index (κ3) is 4.70. The summed E-state index contributed by atoms with van der Waals surface area (Å²) in [5, 5.41) is 2.48. The van der Waals surface area contributed by atoms with Crippen molar-refractivity contribution in [1.82, 2.24) is 14.5 Å². The number of carbonyl (C=O) groups is 2. The first kappa shape index (κ1) is 23.9. The summed E-state index contributed by atoms with van der Waals surface area (Å²) in [5.74, 6) is -0.538. The zero-order chi connectivity index (χ0) is 24.6. The third-order valence-corrected chi connectivity index (χ3v) is 7.12. The van der Waals surface area contributed by atoms with E-state index in [1.165, 1.54) is 29.1 Å². The molecule has 1 atom stereocenters. The normalized spacial score (nSPS) is 16.6. The van der Waals surface area contributed by atoms with Gasteiger partial charge in [-0.1, -0.05) is 19.1 Å². The molecule has 180 valence electrons. The topological polar surface area (TPSA) is 84.3 Å². The molecule has 1 unspecified atom stereocenters. The van der Waals surface area contributed by atoms with Crippen LogP contribution in [-0.4, -0.2) is 39.4 Å². The van der Waals surface area contributed by atoms with Crippen LogP contribution in [0.3, 0.4) is 0 Å². The summed E-state index contributed by atoms with van der Waals surface area (Å²) in [7, 11) is 0. The van der Waals surface area contributed by atoms with Gasteiger partial charge in [-0.25, -0.2) is 4.98 Å². The van der Waals surface area contributed by atoms with Gasteiger partial charge in [-0.15, -0.1) is 11.3 Å². The third-order valence-electron chi connectivity index (χ3n) is 5.92. The van der Waals surface area contributed by atoms with Crippen LogP contribution in [0.15, 0.2) is 35.4 Å². The standard InChI is InChI=1S/C23H23F3N4O3S/c1-13-6-5-9-29(10-13)17(31)11-30-12-27-21-18(22(30)33)14(2)19(34-21)20(32)28-16-8-4-3-7-15(16)23(24,25)26/h3-4,7-8,12-13H,5-6,9-11H2,1-2H3,(H,28,32). The van der Waals surface area contributed by atoms with E-state index in [1.807, 2.05) is 0 Å². The van der Waals surface area contributed by atoms with Gasteiger partial charge in [0.05, 0.1) is 27.8 Å². The summed E-state index contributed by atoms with van der Waals surface area (Å²) in [6.45, 7) is 4.75. The highest BCUT2D eigenvalue weighted by Crippen LogP contribution is 2.35. The van der Waals surface area contributed by atoms with Crippen LogP contribution in [0.4, 0.5) is 18.9 Å². The second-order valence-corrected chi connectivity index (χ2v) is 9.50. The Kier molecular flexibility index (Phi) is 6.48. The van der Waals surface area contributed by atoms with Crippen LogP contribution in [0.2, 0.25) is 0 Å². The van der Waals surface area contributed by atoms with Gasteiger partial charge in [0.25, 0.3) is 11.5 Å². The van der Waals surface area contributed by atoms with Crippen molar-refractivity contribution < 1.29 is 22.8 Å². The first-order valence-electron chi connectivity index (χ1n) is 10.8. The lowest BCUT2D eigenvalue weighted by molar-refractivity contribution is -0.137. The van der Waals surface area contributed by atoms with Gasteiger partial charge < -0.3 is 10.2 Å². The number of hydrogen-bond donors (Lipinski definition) is 1. The van der Waals surface area contributed by atoms with Gasteiger partial charge in [0.2, 0.25) is 5.91 Å². The highest BCUT2D eigenvalue weighted by molar-refractivity contribution is 7.20. The number of thiophene rings is 1. The zero-order valence-corrected chi connectivity index (χ0v) is 19.4. The molecule has 1 aliphatic rings. The lowest BCUT2D eigenvalue weighted by atomic mass is 10.0. The number of piperidine rings is 1. The van der Waals surface area contributed by atoms with Crippen molar-refractivity contribution in [2.75, 3.05) is 18.4 Å². The number of fused-ring (bicyclic) bond motifs is 1. The number of halogens is 3. The lowest BCUT2D eigenvalue weighted by Crippen LogP contribution is -2.42. The van der Waals surface area contributed by atoms with E-state index in [1.54, 1.807) is 11.8 Å². The quantitative estimate of drug-likeness (QED) is 0.589. The Morgan fingerprint density at radius 1 is 1.26 bits per heavy atom. The SMILES string of the molecule is Cc1c(C(=O)Nc2ccccc2C(F)(F)F)sc2ncn(CC(=O)N3CCCC(C)C3)c(=O)c12. The fourth-order valence-corrected chi connectivity index (χ4v) is 5.20. The number of benzene rings is 1. The van der Waals surface area contributed by atoms with Gasteiger partial charge in [0.15, 0.2) is 0 Å². The van der Waals surface area contributed by atoms with Crippen LogP contribution >= 0.6 is 11.3 Å². The molecular formula is C23H23F3N4O3S.